The maximum atomic E-state index is 12.0. The molecule has 0 bridgehead atoms. The van der Waals surface area contributed by atoms with Crippen LogP contribution in [0, 0.1) is 11.3 Å². The fourth-order valence-electron chi connectivity index (χ4n) is 3.28. The third-order valence-corrected chi connectivity index (χ3v) is 7.63. The van der Waals surface area contributed by atoms with E-state index in [0.29, 0.717) is 44.8 Å². The monoisotopic (exact) mass is 515 g/mol. The van der Waals surface area contributed by atoms with Crippen LogP contribution in [0.3, 0.4) is 0 Å². The Morgan fingerprint density at radius 2 is 1.94 bits per heavy atom. The number of sulfone groups is 1. The van der Waals surface area contributed by atoms with Crippen molar-refractivity contribution < 1.29 is 13.2 Å². The van der Waals surface area contributed by atoms with Gasteiger partial charge in [0.05, 0.1) is 23.7 Å². The second-order valence-corrected chi connectivity index (χ2v) is 10.7. The molecule has 4 aromatic heterocycles. The van der Waals surface area contributed by atoms with Gasteiger partial charge in [0.25, 0.3) is 0 Å². The lowest BCUT2D eigenvalue weighted by Gasteiger charge is -2.09. The largest absolute Gasteiger partial charge is 0.456 e. The minimum Gasteiger partial charge on any atom is -0.456 e. The van der Waals surface area contributed by atoms with Gasteiger partial charge in [0.15, 0.2) is 20.7 Å². The molecule has 1 N–H and O–H groups in total. The van der Waals surface area contributed by atoms with Crippen LogP contribution >= 0.6 is 11.8 Å². The molecule has 0 unspecified atom stereocenters. The Bertz CT molecular complexity index is 1700. The molecule has 0 spiro atoms. The summed E-state index contributed by atoms with van der Waals surface area (Å²) in [6, 6.07) is 13.8. The van der Waals surface area contributed by atoms with E-state index in [0.717, 1.165) is 4.90 Å². The van der Waals surface area contributed by atoms with E-state index >= 15 is 0 Å². The van der Waals surface area contributed by atoms with E-state index in [2.05, 4.69) is 24.9 Å². The number of hydrogen-bond acceptors (Lipinski definition) is 10. The summed E-state index contributed by atoms with van der Waals surface area (Å²) in [6.45, 7) is 1.57. The van der Waals surface area contributed by atoms with E-state index in [1.54, 1.807) is 61.9 Å². The van der Waals surface area contributed by atoms with Crippen molar-refractivity contribution in [1.29, 1.82) is 5.26 Å². The molecule has 0 radical (unpaired) electrons. The summed E-state index contributed by atoms with van der Waals surface area (Å²) in [5, 5.41) is 9.82. The van der Waals surface area contributed by atoms with Gasteiger partial charge in [-0.25, -0.2) is 28.4 Å². The molecule has 0 saturated heterocycles. The molecule has 0 aliphatic heterocycles. The molecule has 1 aromatic carbocycles. The number of pyridine rings is 2. The zero-order valence-corrected chi connectivity index (χ0v) is 20.4. The van der Waals surface area contributed by atoms with Gasteiger partial charge in [0.2, 0.25) is 0 Å². The molecule has 4 heterocycles. The van der Waals surface area contributed by atoms with Crippen molar-refractivity contribution >= 4 is 32.6 Å². The van der Waals surface area contributed by atoms with Crippen LogP contribution in [-0.2, 0) is 9.84 Å². The highest BCUT2D eigenvalue weighted by molar-refractivity contribution is 7.99. The maximum Gasteiger partial charge on any atom is 0.195 e. The maximum absolute atomic E-state index is 12.0. The van der Waals surface area contributed by atoms with Crippen LogP contribution in [0.15, 0.2) is 82.2 Å². The SMILES string of the molecule is CCS(=O)(=O)c1ccc(Oc2cc(Sc3cccc(C#N)n3)c3nc(-c4cnccn4)[nH]c3c2)cn1. The van der Waals surface area contributed by atoms with Gasteiger partial charge in [0, 0.05) is 23.4 Å². The van der Waals surface area contributed by atoms with Crippen LogP contribution in [0.4, 0.5) is 0 Å². The number of aromatic nitrogens is 6. The molecule has 5 aromatic rings. The Morgan fingerprint density at radius 1 is 1.06 bits per heavy atom. The first-order chi connectivity index (χ1) is 17.4. The number of fused-ring (bicyclic) bond motifs is 1. The second-order valence-electron chi connectivity index (χ2n) is 7.41. The number of nitrogens with zero attached hydrogens (tertiary/aromatic N) is 6. The summed E-state index contributed by atoms with van der Waals surface area (Å²) in [5.41, 5.74) is 2.23. The number of rotatable bonds is 7. The molecule has 12 heteroatoms. The van der Waals surface area contributed by atoms with Gasteiger partial charge < -0.3 is 9.72 Å². The summed E-state index contributed by atoms with van der Waals surface area (Å²) in [6.07, 6.45) is 6.14. The molecule has 0 amide bonds. The van der Waals surface area contributed by atoms with Gasteiger partial charge in [-0.3, -0.25) is 4.98 Å². The van der Waals surface area contributed by atoms with Crippen LogP contribution in [-0.4, -0.2) is 44.1 Å². The van der Waals surface area contributed by atoms with Gasteiger partial charge >= 0.3 is 0 Å². The lowest BCUT2D eigenvalue weighted by atomic mass is 10.3. The van der Waals surface area contributed by atoms with Gasteiger partial charge in [-0.15, -0.1) is 0 Å². The fraction of sp³-hybridized carbons (Fsp3) is 0.0833. The summed E-state index contributed by atoms with van der Waals surface area (Å²) >= 11 is 1.33. The van der Waals surface area contributed by atoms with E-state index < -0.39 is 9.84 Å². The molecule has 0 aliphatic rings. The van der Waals surface area contributed by atoms with Gasteiger partial charge in [-0.2, -0.15) is 5.26 Å². The zero-order valence-electron chi connectivity index (χ0n) is 18.8. The third-order valence-electron chi connectivity index (χ3n) is 5.03. The summed E-state index contributed by atoms with van der Waals surface area (Å²) in [4.78, 5) is 25.5. The van der Waals surface area contributed by atoms with Crippen LogP contribution < -0.4 is 4.74 Å². The molecular weight excluding hydrogens is 498 g/mol. The van der Waals surface area contributed by atoms with Crippen molar-refractivity contribution in [2.75, 3.05) is 5.75 Å². The molecule has 0 atom stereocenters. The van der Waals surface area contributed by atoms with Crippen molar-refractivity contribution in [3.8, 4) is 29.1 Å². The smallest absolute Gasteiger partial charge is 0.195 e. The Balaban J connectivity index is 1.55. The average molecular weight is 516 g/mol. The molecule has 5 rings (SSSR count). The summed E-state index contributed by atoms with van der Waals surface area (Å²) in [7, 11) is -3.41. The van der Waals surface area contributed by atoms with Crippen LogP contribution in [0.5, 0.6) is 11.5 Å². The van der Waals surface area contributed by atoms with Crippen LogP contribution in [0.2, 0.25) is 0 Å². The van der Waals surface area contributed by atoms with E-state index in [4.69, 9.17) is 9.72 Å². The molecule has 0 saturated carbocycles. The first-order valence-electron chi connectivity index (χ1n) is 10.7. The number of ether oxygens (including phenoxy) is 1. The van der Waals surface area contributed by atoms with Crippen molar-refractivity contribution in [3.05, 3.63) is 72.9 Å². The number of aromatic amines is 1. The molecule has 0 aliphatic carbocycles. The molecule has 0 fully saturated rings. The van der Waals surface area contributed by atoms with Crippen LogP contribution in [0.25, 0.3) is 22.6 Å². The van der Waals surface area contributed by atoms with Crippen molar-refractivity contribution in [1.82, 2.24) is 29.9 Å². The minimum atomic E-state index is -3.41. The van der Waals surface area contributed by atoms with E-state index in [1.165, 1.54) is 24.0 Å². The average Bonchev–Trinajstić information content (AvgIpc) is 3.34. The quantitative estimate of drug-likeness (QED) is 0.330. The molecule has 178 valence electrons. The Labute approximate surface area is 210 Å². The molecule has 36 heavy (non-hydrogen) atoms. The zero-order chi connectivity index (χ0) is 25.1. The van der Waals surface area contributed by atoms with E-state index in [1.807, 2.05) is 6.07 Å². The first kappa shape index (κ1) is 23.4. The Morgan fingerprint density at radius 3 is 2.67 bits per heavy atom. The highest BCUT2D eigenvalue weighted by atomic mass is 32.2. The first-order valence-corrected chi connectivity index (χ1v) is 13.1. The normalized spacial score (nSPS) is 11.3. The topological polar surface area (TPSA) is 147 Å². The minimum absolute atomic E-state index is 0.00493. The highest BCUT2D eigenvalue weighted by Gasteiger charge is 2.16. The van der Waals surface area contributed by atoms with Gasteiger partial charge in [-0.05, 0) is 30.3 Å². The van der Waals surface area contributed by atoms with Crippen molar-refractivity contribution in [2.45, 2.75) is 21.9 Å². The lowest BCUT2D eigenvalue weighted by molar-refractivity contribution is 0.478. The summed E-state index contributed by atoms with van der Waals surface area (Å²) in [5.74, 6) is 1.35. The van der Waals surface area contributed by atoms with Crippen LogP contribution in [0.1, 0.15) is 12.6 Å². The van der Waals surface area contributed by atoms with Gasteiger partial charge in [-0.1, -0.05) is 24.8 Å². The number of H-pyrrole nitrogens is 1. The number of hydrogen-bond donors (Lipinski definition) is 1. The Kier molecular flexibility index (Phi) is 6.32. The van der Waals surface area contributed by atoms with Crippen molar-refractivity contribution in [2.24, 2.45) is 0 Å². The van der Waals surface area contributed by atoms with E-state index in [9.17, 15) is 13.7 Å². The highest BCUT2D eigenvalue weighted by Crippen LogP contribution is 2.37. The second kappa shape index (κ2) is 9.73. The fourth-order valence-corrected chi connectivity index (χ4v) is 5.01. The van der Waals surface area contributed by atoms with E-state index in [-0.39, 0.29) is 10.8 Å². The summed E-state index contributed by atoms with van der Waals surface area (Å²) < 4.78 is 30.1. The molecular formula is C24H17N7O3S2. The third kappa shape index (κ3) is 4.88. The Hall–Kier alpha value is -4.34. The standard InChI is InChI=1S/C24H17N7O3S2/c1-2-36(32,33)22-7-6-16(13-28-22)34-17-10-18-23(31-24(30-18)19-14-26-8-9-27-19)20(11-17)35-21-5-3-4-15(12-25)29-21/h3-11,13-14H,2H2,1H3,(H,30,31). The predicted octanol–water partition coefficient (Wildman–Crippen LogP) is 4.42. The number of nitriles is 1. The number of imidazole rings is 1. The number of nitrogens with one attached hydrogen (secondary N) is 1. The van der Waals surface area contributed by atoms with Crippen molar-refractivity contribution in [3.63, 3.8) is 0 Å². The predicted molar refractivity (Wildman–Crippen MR) is 132 cm³/mol. The van der Waals surface area contributed by atoms with Gasteiger partial charge in [0.1, 0.15) is 39.5 Å². The lowest BCUT2D eigenvalue weighted by Crippen LogP contribution is -2.05. The molecule has 10 nitrogen and oxygen atoms in total. The number of benzene rings is 1.